The molecule has 29 heavy (non-hydrogen) atoms. The molecule has 1 aliphatic rings. The largest absolute Gasteiger partial charge is 0.355 e. The van der Waals surface area contributed by atoms with Gasteiger partial charge in [0.15, 0.2) is 0 Å². The van der Waals surface area contributed by atoms with Crippen LogP contribution in [0.15, 0.2) is 78.9 Å². The van der Waals surface area contributed by atoms with Crippen LogP contribution >= 0.6 is 0 Å². The lowest BCUT2D eigenvalue weighted by atomic mass is 9.80. The molecule has 0 unspecified atom stereocenters. The molecule has 0 bridgehead atoms. The zero-order chi connectivity index (χ0) is 19.8. The Kier molecular flexibility index (Phi) is 4.44. The predicted molar refractivity (Wildman–Crippen MR) is 119 cm³/mol. The van der Waals surface area contributed by atoms with E-state index in [4.69, 9.17) is 0 Å². The number of nitrogens with one attached hydrogen (secondary N) is 1. The molecule has 1 aliphatic carbocycles. The van der Waals surface area contributed by atoms with Crippen molar-refractivity contribution in [3.63, 3.8) is 0 Å². The summed E-state index contributed by atoms with van der Waals surface area (Å²) in [6.45, 7) is 0. The minimum atomic E-state index is -0.0724. The highest BCUT2D eigenvalue weighted by molar-refractivity contribution is 5.95. The first-order valence-electron chi connectivity index (χ1n) is 10.3. The number of carbonyl (C=O) groups excluding carboxylic acids is 1. The molecule has 1 saturated carbocycles. The lowest BCUT2D eigenvalue weighted by Gasteiger charge is -2.25. The van der Waals surface area contributed by atoms with Crippen LogP contribution in [-0.4, -0.2) is 17.5 Å². The summed E-state index contributed by atoms with van der Waals surface area (Å²) in [5.74, 6) is 0.636. The number of rotatable bonds is 4. The fourth-order valence-electron chi connectivity index (χ4n) is 4.26. The van der Waals surface area contributed by atoms with Crippen molar-refractivity contribution in [2.75, 3.05) is 7.05 Å². The second-order valence-electron chi connectivity index (χ2n) is 7.81. The third kappa shape index (κ3) is 3.13. The summed E-state index contributed by atoms with van der Waals surface area (Å²) < 4.78 is 2.27. The van der Waals surface area contributed by atoms with Crippen LogP contribution in [0.5, 0.6) is 0 Å². The molecule has 0 saturated heterocycles. The molecule has 5 rings (SSSR count). The summed E-state index contributed by atoms with van der Waals surface area (Å²) in [5.41, 5.74) is 6.58. The highest BCUT2D eigenvalue weighted by Gasteiger charge is 2.21. The monoisotopic (exact) mass is 380 g/mol. The third-order valence-corrected chi connectivity index (χ3v) is 6.07. The lowest BCUT2D eigenvalue weighted by Crippen LogP contribution is -2.17. The van der Waals surface area contributed by atoms with E-state index >= 15 is 0 Å². The van der Waals surface area contributed by atoms with Gasteiger partial charge in [0.25, 0.3) is 5.91 Å². The van der Waals surface area contributed by atoms with Crippen LogP contribution in [0.4, 0.5) is 0 Å². The highest BCUT2D eigenvalue weighted by atomic mass is 16.1. The third-order valence-electron chi connectivity index (χ3n) is 6.07. The van der Waals surface area contributed by atoms with Crippen molar-refractivity contribution in [3.05, 3.63) is 90.0 Å². The molecule has 1 amide bonds. The average molecular weight is 380 g/mol. The number of aromatic nitrogens is 1. The van der Waals surface area contributed by atoms with E-state index in [-0.39, 0.29) is 5.91 Å². The SMILES string of the molecule is CNC(=O)c1cccc(-n2c(-c3ccccc3)cc3cc(C4CCC4)ccc32)c1. The molecule has 1 N–H and O–H groups in total. The van der Waals surface area contributed by atoms with Gasteiger partial charge in [-0.1, -0.05) is 48.9 Å². The maximum absolute atomic E-state index is 12.2. The van der Waals surface area contributed by atoms with E-state index in [9.17, 15) is 4.79 Å². The fraction of sp³-hybridized carbons (Fsp3) is 0.192. The molecule has 4 aromatic rings. The molecule has 1 aromatic heterocycles. The van der Waals surface area contributed by atoms with Crippen LogP contribution in [0.25, 0.3) is 27.8 Å². The van der Waals surface area contributed by atoms with Crippen LogP contribution in [0.2, 0.25) is 0 Å². The minimum Gasteiger partial charge on any atom is -0.355 e. The van der Waals surface area contributed by atoms with Gasteiger partial charge < -0.3 is 9.88 Å². The Hall–Kier alpha value is -3.33. The number of hydrogen-bond donors (Lipinski definition) is 1. The minimum absolute atomic E-state index is 0.0724. The highest BCUT2D eigenvalue weighted by Crippen LogP contribution is 2.39. The van der Waals surface area contributed by atoms with Crippen LogP contribution in [0.3, 0.4) is 0 Å². The summed E-state index contributed by atoms with van der Waals surface area (Å²) in [6, 6.07) is 27.4. The van der Waals surface area contributed by atoms with E-state index in [2.05, 4.69) is 64.5 Å². The average Bonchev–Trinajstić information content (AvgIpc) is 3.11. The Bertz CT molecular complexity index is 1190. The number of amides is 1. The Morgan fingerprint density at radius 1 is 0.931 bits per heavy atom. The predicted octanol–water partition coefficient (Wildman–Crippen LogP) is 5.92. The van der Waals surface area contributed by atoms with Crippen molar-refractivity contribution in [1.29, 1.82) is 0 Å². The normalized spacial score (nSPS) is 14.0. The summed E-state index contributed by atoms with van der Waals surface area (Å²) in [6.07, 6.45) is 3.93. The molecule has 0 atom stereocenters. The van der Waals surface area contributed by atoms with E-state index in [1.54, 1.807) is 7.05 Å². The van der Waals surface area contributed by atoms with E-state index in [1.165, 1.54) is 41.3 Å². The maximum Gasteiger partial charge on any atom is 0.251 e. The Labute approximate surface area is 171 Å². The first kappa shape index (κ1) is 17.7. The molecule has 0 spiro atoms. The molecular formula is C26H24N2O. The van der Waals surface area contributed by atoms with E-state index in [0.717, 1.165) is 11.4 Å². The molecule has 3 heteroatoms. The van der Waals surface area contributed by atoms with Gasteiger partial charge in [-0.3, -0.25) is 4.79 Å². The van der Waals surface area contributed by atoms with Gasteiger partial charge in [-0.2, -0.15) is 0 Å². The lowest BCUT2D eigenvalue weighted by molar-refractivity contribution is 0.0963. The molecule has 0 radical (unpaired) electrons. The first-order valence-corrected chi connectivity index (χ1v) is 10.3. The van der Waals surface area contributed by atoms with Gasteiger partial charge >= 0.3 is 0 Å². The number of carbonyl (C=O) groups is 1. The van der Waals surface area contributed by atoms with Crippen molar-refractivity contribution in [3.8, 4) is 16.9 Å². The Morgan fingerprint density at radius 3 is 2.48 bits per heavy atom. The van der Waals surface area contributed by atoms with E-state index < -0.39 is 0 Å². The summed E-state index contributed by atoms with van der Waals surface area (Å²) in [4.78, 5) is 12.2. The van der Waals surface area contributed by atoms with Gasteiger partial charge in [0.05, 0.1) is 11.2 Å². The first-order chi connectivity index (χ1) is 14.2. The number of nitrogens with zero attached hydrogens (tertiary/aromatic N) is 1. The zero-order valence-corrected chi connectivity index (χ0v) is 16.6. The van der Waals surface area contributed by atoms with Crippen molar-refractivity contribution in [2.45, 2.75) is 25.2 Å². The van der Waals surface area contributed by atoms with Crippen molar-refractivity contribution in [1.82, 2.24) is 9.88 Å². The second kappa shape index (κ2) is 7.25. The molecule has 1 fully saturated rings. The van der Waals surface area contributed by atoms with Crippen LogP contribution in [-0.2, 0) is 0 Å². The standard InChI is InChI=1S/C26H24N2O/c1-27-26(29)21-11-6-12-23(16-21)28-24-14-13-20(18-9-5-10-18)15-22(24)17-25(28)19-7-3-2-4-8-19/h2-4,6-8,11-18H,5,9-10H2,1H3,(H,27,29). The van der Waals surface area contributed by atoms with E-state index in [0.29, 0.717) is 11.5 Å². The summed E-state index contributed by atoms with van der Waals surface area (Å²) >= 11 is 0. The number of fused-ring (bicyclic) bond motifs is 1. The second-order valence-corrected chi connectivity index (χ2v) is 7.81. The molecule has 144 valence electrons. The van der Waals surface area contributed by atoms with Crippen LogP contribution in [0.1, 0.15) is 41.1 Å². The molecule has 3 nitrogen and oxygen atoms in total. The molecule has 3 aromatic carbocycles. The van der Waals surface area contributed by atoms with Gasteiger partial charge in [0, 0.05) is 23.7 Å². The topological polar surface area (TPSA) is 34.0 Å². The smallest absolute Gasteiger partial charge is 0.251 e. The van der Waals surface area contributed by atoms with Crippen molar-refractivity contribution >= 4 is 16.8 Å². The fourth-order valence-corrected chi connectivity index (χ4v) is 4.26. The Morgan fingerprint density at radius 2 is 1.76 bits per heavy atom. The Balaban J connectivity index is 1.73. The van der Waals surface area contributed by atoms with Gasteiger partial charge in [0.2, 0.25) is 0 Å². The van der Waals surface area contributed by atoms with E-state index in [1.807, 2.05) is 24.3 Å². The van der Waals surface area contributed by atoms with Crippen LogP contribution in [0, 0.1) is 0 Å². The van der Waals surface area contributed by atoms with Gasteiger partial charge in [0.1, 0.15) is 0 Å². The molecular weight excluding hydrogens is 356 g/mol. The maximum atomic E-state index is 12.2. The van der Waals surface area contributed by atoms with Gasteiger partial charge in [-0.25, -0.2) is 0 Å². The van der Waals surface area contributed by atoms with Crippen LogP contribution < -0.4 is 5.32 Å². The summed E-state index contributed by atoms with van der Waals surface area (Å²) in [7, 11) is 1.66. The quantitative estimate of drug-likeness (QED) is 0.468. The van der Waals surface area contributed by atoms with Gasteiger partial charge in [-0.05, 0) is 66.3 Å². The number of benzene rings is 3. The van der Waals surface area contributed by atoms with Gasteiger partial charge in [-0.15, -0.1) is 0 Å². The molecule has 1 heterocycles. The van der Waals surface area contributed by atoms with Crippen molar-refractivity contribution in [2.24, 2.45) is 0 Å². The van der Waals surface area contributed by atoms with Crippen molar-refractivity contribution < 1.29 is 4.79 Å². The zero-order valence-electron chi connectivity index (χ0n) is 16.6. The summed E-state index contributed by atoms with van der Waals surface area (Å²) in [5, 5.41) is 3.97. The molecule has 0 aliphatic heterocycles. The number of hydrogen-bond acceptors (Lipinski definition) is 1.